The van der Waals surface area contributed by atoms with E-state index in [0.717, 1.165) is 20.7 Å². The Morgan fingerprint density at radius 1 is 1.04 bits per heavy atom. The molecule has 3 rings (SSSR count). The van der Waals surface area contributed by atoms with Gasteiger partial charge in [0, 0.05) is 16.2 Å². The van der Waals surface area contributed by atoms with Gasteiger partial charge in [0.05, 0.1) is 6.54 Å². The number of H-pyrrole nitrogens is 1. The molecule has 0 fully saturated rings. The molecule has 1 heterocycles. The van der Waals surface area contributed by atoms with E-state index in [1.807, 2.05) is 30.3 Å². The number of aromatic amines is 1. The Hall–Kier alpha value is -2.93. The normalized spacial score (nSPS) is 10.4. The van der Waals surface area contributed by atoms with Crippen LogP contribution in [0.15, 0.2) is 74.7 Å². The van der Waals surface area contributed by atoms with E-state index in [9.17, 15) is 14.4 Å². The Labute approximate surface area is 151 Å². The van der Waals surface area contributed by atoms with Crippen LogP contribution in [0, 0.1) is 0 Å². The molecule has 0 saturated carbocycles. The van der Waals surface area contributed by atoms with Gasteiger partial charge in [-0.25, -0.2) is 4.79 Å². The fourth-order valence-corrected chi connectivity index (χ4v) is 2.55. The highest BCUT2D eigenvalue weighted by Crippen LogP contribution is 2.14. The molecule has 0 aliphatic carbocycles. The molecule has 0 spiro atoms. The van der Waals surface area contributed by atoms with Crippen LogP contribution in [-0.2, 0) is 6.54 Å². The monoisotopic (exact) mass is 399 g/mol. The molecule has 0 bridgehead atoms. The van der Waals surface area contributed by atoms with Crippen molar-refractivity contribution in [3.8, 4) is 0 Å². The van der Waals surface area contributed by atoms with E-state index >= 15 is 0 Å². The zero-order chi connectivity index (χ0) is 17.8. The highest BCUT2D eigenvalue weighted by Gasteiger charge is 2.12. The van der Waals surface area contributed by atoms with Gasteiger partial charge in [-0.2, -0.15) is 0 Å². The van der Waals surface area contributed by atoms with Crippen LogP contribution < -0.4 is 16.6 Å². The number of nitrogens with one attached hydrogen (secondary N) is 2. The lowest BCUT2D eigenvalue weighted by molar-refractivity contribution is 0.102. The number of aromatic nitrogens is 2. The van der Waals surface area contributed by atoms with Crippen LogP contribution in [0.4, 0.5) is 5.69 Å². The quantitative estimate of drug-likeness (QED) is 0.706. The highest BCUT2D eigenvalue weighted by molar-refractivity contribution is 9.10. The van der Waals surface area contributed by atoms with E-state index in [0.29, 0.717) is 5.69 Å². The lowest BCUT2D eigenvalue weighted by Crippen LogP contribution is -2.37. The predicted molar refractivity (Wildman–Crippen MR) is 99.0 cm³/mol. The van der Waals surface area contributed by atoms with Crippen molar-refractivity contribution in [2.75, 3.05) is 5.32 Å². The number of nitrogens with zero attached hydrogens (tertiary/aromatic N) is 1. The standard InChI is InChI=1S/C18H14BrN3O3/c19-13-6-8-14(9-7-13)20-17(24)15-10-16(23)22(18(25)21-15)11-12-4-2-1-3-5-12/h1-10H,11H2,(H,20,24)(H,21,25). The van der Waals surface area contributed by atoms with Crippen molar-refractivity contribution in [3.63, 3.8) is 0 Å². The number of carbonyl (C=O) groups is 1. The van der Waals surface area contributed by atoms with Crippen LogP contribution in [0.25, 0.3) is 0 Å². The average molecular weight is 400 g/mol. The fourth-order valence-electron chi connectivity index (χ4n) is 2.29. The van der Waals surface area contributed by atoms with Gasteiger partial charge in [0.1, 0.15) is 5.69 Å². The molecule has 25 heavy (non-hydrogen) atoms. The summed E-state index contributed by atoms with van der Waals surface area (Å²) in [6, 6.07) is 17.2. The lowest BCUT2D eigenvalue weighted by Gasteiger charge is -2.08. The Morgan fingerprint density at radius 2 is 1.72 bits per heavy atom. The van der Waals surface area contributed by atoms with Crippen molar-refractivity contribution in [1.29, 1.82) is 0 Å². The molecule has 1 amide bonds. The fraction of sp³-hybridized carbons (Fsp3) is 0.0556. The van der Waals surface area contributed by atoms with Crippen LogP contribution in [0.2, 0.25) is 0 Å². The Morgan fingerprint density at radius 3 is 2.36 bits per heavy atom. The second-order valence-electron chi connectivity index (χ2n) is 5.36. The van der Waals surface area contributed by atoms with E-state index < -0.39 is 17.2 Å². The van der Waals surface area contributed by atoms with E-state index in [1.165, 1.54) is 0 Å². The molecule has 2 N–H and O–H groups in total. The number of benzene rings is 2. The van der Waals surface area contributed by atoms with Crippen LogP contribution in [-0.4, -0.2) is 15.5 Å². The summed E-state index contributed by atoms with van der Waals surface area (Å²) in [5.74, 6) is -0.552. The van der Waals surface area contributed by atoms with E-state index in [2.05, 4.69) is 26.2 Å². The molecule has 0 aliphatic rings. The molecule has 0 atom stereocenters. The van der Waals surface area contributed by atoms with Crippen molar-refractivity contribution in [3.05, 3.63) is 97.2 Å². The summed E-state index contributed by atoms with van der Waals surface area (Å²) >= 11 is 3.31. The molecule has 7 heteroatoms. The van der Waals surface area contributed by atoms with Crippen LogP contribution in [0.1, 0.15) is 16.1 Å². The second kappa shape index (κ2) is 7.31. The molecule has 1 aromatic heterocycles. The lowest BCUT2D eigenvalue weighted by atomic mass is 10.2. The van der Waals surface area contributed by atoms with Gasteiger partial charge in [-0.05, 0) is 29.8 Å². The van der Waals surface area contributed by atoms with Crippen molar-refractivity contribution in [1.82, 2.24) is 9.55 Å². The van der Waals surface area contributed by atoms with Gasteiger partial charge in [-0.1, -0.05) is 46.3 Å². The van der Waals surface area contributed by atoms with Gasteiger partial charge in [-0.15, -0.1) is 0 Å². The molecule has 0 saturated heterocycles. The molecule has 2 aromatic carbocycles. The van der Waals surface area contributed by atoms with Gasteiger partial charge in [0.25, 0.3) is 11.5 Å². The smallest absolute Gasteiger partial charge is 0.321 e. The summed E-state index contributed by atoms with van der Waals surface area (Å²) < 4.78 is 1.92. The van der Waals surface area contributed by atoms with Gasteiger partial charge >= 0.3 is 5.69 Å². The van der Waals surface area contributed by atoms with Crippen molar-refractivity contribution in [2.45, 2.75) is 6.54 Å². The second-order valence-corrected chi connectivity index (χ2v) is 6.27. The summed E-state index contributed by atoms with van der Waals surface area (Å²) in [6.45, 7) is 0.142. The minimum Gasteiger partial charge on any atom is -0.321 e. The van der Waals surface area contributed by atoms with Gasteiger partial charge in [0.2, 0.25) is 0 Å². The minimum atomic E-state index is -0.627. The number of rotatable bonds is 4. The highest BCUT2D eigenvalue weighted by atomic mass is 79.9. The average Bonchev–Trinajstić information content (AvgIpc) is 2.61. The van der Waals surface area contributed by atoms with Crippen LogP contribution >= 0.6 is 15.9 Å². The summed E-state index contributed by atoms with van der Waals surface area (Å²) in [5.41, 5.74) is 0.137. The maximum Gasteiger partial charge on any atom is 0.329 e. The van der Waals surface area contributed by atoms with E-state index in [4.69, 9.17) is 0 Å². The third-order valence-corrected chi connectivity index (χ3v) is 4.08. The number of carbonyl (C=O) groups excluding carboxylic acids is 1. The number of hydrogen-bond acceptors (Lipinski definition) is 3. The molecule has 6 nitrogen and oxygen atoms in total. The van der Waals surface area contributed by atoms with Crippen LogP contribution in [0.5, 0.6) is 0 Å². The first-order valence-corrected chi connectivity index (χ1v) is 8.27. The number of anilines is 1. The molecular weight excluding hydrogens is 386 g/mol. The molecule has 0 aliphatic heterocycles. The topological polar surface area (TPSA) is 84.0 Å². The molecule has 3 aromatic rings. The molecule has 126 valence electrons. The first-order valence-electron chi connectivity index (χ1n) is 7.48. The largest absolute Gasteiger partial charge is 0.329 e. The third-order valence-electron chi connectivity index (χ3n) is 3.55. The van der Waals surface area contributed by atoms with E-state index in [-0.39, 0.29) is 12.2 Å². The Balaban J connectivity index is 1.84. The molecular formula is C18H14BrN3O3. The van der Waals surface area contributed by atoms with Crippen molar-refractivity contribution < 1.29 is 4.79 Å². The summed E-state index contributed by atoms with van der Waals surface area (Å²) in [4.78, 5) is 39.1. The van der Waals surface area contributed by atoms with Crippen molar-refractivity contribution in [2.24, 2.45) is 0 Å². The third kappa shape index (κ3) is 4.13. The molecule has 0 unspecified atom stereocenters. The first-order chi connectivity index (χ1) is 12.0. The van der Waals surface area contributed by atoms with Crippen molar-refractivity contribution >= 4 is 27.5 Å². The zero-order valence-corrected chi connectivity index (χ0v) is 14.6. The maximum atomic E-state index is 12.2. The van der Waals surface area contributed by atoms with E-state index in [1.54, 1.807) is 24.3 Å². The summed E-state index contributed by atoms with van der Waals surface area (Å²) in [7, 11) is 0. The Bertz CT molecular complexity index is 977. The SMILES string of the molecule is O=C(Nc1ccc(Br)cc1)c1cc(=O)n(Cc2ccccc2)c(=O)[nH]1. The van der Waals surface area contributed by atoms with Gasteiger partial charge < -0.3 is 10.3 Å². The Kier molecular flexibility index (Phi) is 4.95. The maximum absolute atomic E-state index is 12.2. The number of hydrogen-bond donors (Lipinski definition) is 2. The molecule has 0 radical (unpaired) electrons. The van der Waals surface area contributed by atoms with Gasteiger partial charge in [-0.3, -0.25) is 14.2 Å². The minimum absolute atomic E-state index is 0.0813. The predicted octanol–water partition coefficient (Wildman–Crippen LogP) is 2.60. The summed E-state index contributed by atoms with van der Waals surface area (Å²) in [5, 5.41) is 2.63. The van der Waals surface area contributed by atoms with Crippen LogP contribution in [0.3, 0.4) is 0 Å². The summed E-state index contributed by atoms with van der Waals surface area (Å²) in [6.07, 6.45) is 0. The number of halogens is 1. The van der Waals surface area contributed by atoms with Gasteiger partial charge in [0.15, 0.2) is 0 Å². The zero-order valence-electron chi connectivity index (χ0n) is 13.0. The number of amides is 1. The first kappa shape index (κ1) is 16.9.